The Bertz CT molecular complexity index is 857. The lowest BCUT2D eigenvalue weighted by atomic mass is 9.79. The van der Waals surface area contributed by atoms with Crippen LogP contribution in [-0.2, 0) is 14.8 Å². The molecule has 1 aromatic carbocycles. The summed E-state index contributed by atoms with van der Waals surface area (Å²) in [4.78, 5) is 25.0. The summed E-state index contributed by atoms with van der Waals surface area (Å²) in [6.07, 6.45) is 7.80. The first-order valence-electron chi connectivity index (χ1n) is 10.9. The molecule has 0 radical (unpaired) electrons. The summed E-state index contributed by atoms with van der Waals surface area (Å²) in [6.45, 7) is 3.35. The number of amides is 1. The molecule has 8 nitrogen and oxygen atoms in total. The van der Waals surface area contributed by atoms with Gasteiger partial charge in [0.25, 0.3) is 5.69 Å². The summed E-state index contributed by atoms with van der Waals surface area (Å²) >= 11 is 0. The van der Waals surface area contributed by atoms with Gasteiger partial charge in [0, 0.05) is 44.2 Å². The fourth-order valence-corrected chi connectivity index (χ4v) is 5.97. The largest absolute Gasteiger partial charge is 0.340 e. The van der Waals surface area contributed by atoms with Gasteiger partial charge in [0.15, 0.2) is 0 Å². The molecule has 1 saturated carbocycles. The van der Waals surface area contributed by atoms with E-state index >= 15 is 0 Å². The number of nitro benzene ring substituents is 1. The normalized spacial score (nSPS) is 23.3. The third kappa shape index (κ3) is 5.18. The molecular formula is C21H31N3O5S. The summed E-state index contributed by atoms with van der Waals surface area (Å²) in [5.74, 6) is 0.949. The summed E-state index contributed by atoms with van der Waals surface area (Å²) in [5.41, 5.74) is -0.251. The van der Waals surface area contributed by atoms with Crippen molar-refractivity contribution in [3.63, 3.8) is 0 Å². The molecule has 9 heteroatoms. The minimum Gasteiger partial charge on any atom is -0.340 e. The van der Waals surface area contributed by atoms with Crippen molar-refractivity contribution in [1.29, 1.82) is 0 Å². The van der Waals surface area contributed by atoms with Gasteiger partial charge in [-0.25, -0.2) is 8.42 Å². The molecule has 0 spiro atoms. The number of nitro groups is 1. The van der Waals surface area contributed by atoms with Gasteiger partial charge >= 0.3 is 0 Å². The highest BCUT2D eigenvalue weighted by molar-refractivity contribution is 7.89. The van der Waals surface area contributed by atoms with Crippen LogP contribution in [0.25, 0.3) is 0 Å². The van der Waals surface area contributed by atoms with Gasteiger partial charge in [-0.05, 0) is 37.7 Å². The van der Waals surface area contributed by atoms with Gasteiger partial charge < -0.3 is 4.90 Å². The third-order valence-electron chi connectivity index (χ3n) is 6.38. The van der Waals surface area contributed by atoms with Crippen LogP contribution in [-0.4, -0.2) is 54.6 Å². The van der Waals surface area contributed by atoms with Gasteiger partial charge in [-0.3, -0.25) is 14.9 Å². The van der Waals surface area contributed by atoms with Crippen molar-refractivity contribution in [2.45, 2.75) is 56.8 Å². The predicted molar refractivity (Wildman–Crippen MR) is 113 cm³/mol. The van der Waals surface area contributed by atoms with Crippen LogP contribution >= 0.6 is 0 Å². The fraction of sp³-hybridized carbons (Fsp3) is 0.667. The number of hydrogen-bond donors (Lipinski definition) is 0. The zero-order valence-electron chi connectivity index (χ0n) is 17.5. The van der Waals surface area contributed by atoms with E-state index < -0.39 is 14.9 Å². The Balaban J connectivity index is 1.55. The number of carbonyl (C=O) groups is 1. The Labute approximate surface area is 178 Å². The van der Waals surface area contributed by atoms with Crippen molar-refractivity contribution in [3.05, 3.63) is 34.4 Å². The number of unbranched alkanes of at least 4 members (excludes halogenated alkanes) is 1. The number of sulfonamides is 1. The maximum Gasteiger partial charge on any atom is 0.270 e. The van der Waals surface area contributed by atoms with Crippen LogP contribution < -0.4 is 0 Å². The van der Waals surface area contributed by atoms with E-state index in [0.717, 1.165) is 37.7 Å². The molecule has 0 unspecified atom stereocenters. The van der Waals surface area contributed by atoms with Crippen LogP contribution in [0.15, 0.2) is 29.2 Å². The highest BCUT2D eigenvalue weighted by Gasteiger charge is 2.34. The quantitative estimate of drug-likeness (QED) is 0.480. The number of nitrogens with zero attached hydrogens (tertiary/aromatic N) is 3. The molecule has 1 saturated heterocycles. The zero-order chi connectivity index (χ0) is 21.7. The van der Waals surface area contributed by atoms with Gasteiger partial charge in [-0.2, -0.15) is 4.31 Å². The van der Waals surface area contributed by atoms with E-state index in [1.54, 1.807) is 4.90 Å². The van der Waals surface area contributed by atoms with E-state index in [2.05, 4.69) is 6.92 Å². The minimum atomic E-state index is -3.82. The van der Waals surface area contributed by atoms with Crippen molar-refractivity contribution in [1.82, 2.24) is 9.21 Å². The number of benzene rings is 1. The van der Waals surface area contributed by atoms with Crippen molar-refractivity contribution in [3.8, 4) is 0 Å². The maximum atomic E-state index is 12.9. The first-order valence-corrected chi connectivity index (χ1v) is 12.3. The van der Waals surface area contributed by atoms with Crippen molar-refractivity contribution in [2.75, 3.05) is 26.2 Å². The smallest absolute Gasteiger partial charge is 0.270 e. The Hall–Kier alpha value is -2.00. The molecule has 1 aliphatic carbocycles. The second-order valence-electron chi connectivity index (χ2n) is 8.34. The Morgan fingerprint density at radius 1 is 1.13 bits per heavy atom. The number of carbonyl (C=O) groups excluding carboxylic acids is 1. The second-order valence-corrected chi connectivity index (χ2v) is 10.3. The molecule has 0 bridgehead atoms. The van der Waals surface area contributed by atoms with Crippen LogP contribution in [0.1, 0.15) is 51.9 Å². The summed E-state index contributed by atoms with van der Waals surface area (Å²) < 4.78 is 27.0. The Kier molecular flexibility index (Phi) is 7.46. The molecule has 1 aromatic rings. The Morgan fingerprint density at radius 2 is 1.80 bits per heavy atom. The highest BCUT2D eigenvalue weighted by Crippen LogP contribution is 2.33. The Morgan fingerprint density at radius 3 is 2.40 bits per heavy atom. The summed E-state index contributed by atoms with van der Waals surface area (Å²) in [5, 5.41) is 10.9. The van der Waals surface area contributed by atoms with Gasteiger partial charge in [0.05, 0.1) is 9.82 Å². The summed E-state index contributed by atoms with van der Waals surface area (Å²) in [7, 11) is -3.82. The molecule has 1 aliphatic heterocycles. The molecule has 0 aromatic heterocycles. The maximum absolute atomic E-state index is 12.9. The van der Waals surface area contributed by atoms with E-state index in [1.807, 2.05) is 0 Å². The van der Waals surface area contributed by atoms with E-state index in [1.165, 1.54) is 41.8 Å². The van der Waals surface area contributed by atoms with Crippen molar-refractivity contribution < 1.29 is 18.1 Å². The zero-order valence-corrected chi connectivity index (χ0v) is 18.3. The van der Waals surface area contributed by atoms with Crippen LogP contribution in [0, 0.1) is 22.0 Å². The van der Waals surface area contributed by atoms with E-state index in [9.17, 15) is 23.3 Å². The molecule has 1 heterocycles. The number of piperazine rings is 1. The standard InChI is InChI=1S/C21H31N3O5S/c1-2-3-5-17-8-10-18(11-9-17)21(25)22-12-14-23(15-13-22)30(28,29)20-7-4-6-19(16-20)24(26)27/h4,6-7,16-18H,2-3,5,8-15H2,1H3. The number of rotatable bonds is 7. The van der Waals surface area contributed by atoms with Crippen molar-refractivity contribution in [2.24, 2.45) is 11.8 Å². The van der Waals surface area contributed by atoms with Crippen LogP contribution in [0.3, 0.4) is 0 Å². The van der Waals surface area contributed by atoms with Gasteiger partial charge in [0.2, 0.25) is 15.9 Å². The molecule has 3 rings (SSSR count). The first-order chi connectivity index (χ1) is 14.3. The minimum absolute atomic E-state index is 0.0582. The van der Waals surface area contributed by atoms with Crippen LogP contribution in [0.4, 0.5) is 5.69 Å². The van der Waals surface area contributed by atoms with Crippen molar-refractivity contribution >= 4 is 21.6 Å². The van der Waals surface area contributed by atoms with Crippen LogP contribution in [0.2, 0.25) is 0 Å². The monoisotopic (exact) mass is 437 g/mol. The van der Waals surface area contributed by atoms with Crippen LogP contribution in [0.5, 0.6) is 0 Å². The summed E-state index contributed by atoms with van der Waals surface area (Å²) in [6, 6.07) is 5.11. The molecule has 166 valence electrons. The lowest BCUT2D eigenvalue weighted by Crippen LogP contribution is -2.52. The lowest BCUT2D eigenvalue weighted by Gasteiger charge is -2.37. The first kappa shape index (κ1) is 22.7. The average molecular weight is 438 g/mol. The van der Waals surface area contributed by atoms with Gasteiger partial charge in [-0.15, -0.1) is 0 Å². The topological polar surface area (TPSA) is 101 Å². The third-order valence-corrected chi connectivity index (χ3v) is 8.27. The highest BCUT2D eigenvalue weighted by atomic mass is 32.2. The number of non-ortho nitro benzene ring substituents is 1. The SMILES string of the molecule is CCCCC1CCC(C(=O)N2CCN(S(=O)(=O)c3cccc([N+](=O)[O-])c3)CC2)CC1. The predicted octanol–water partition coefficient (Wildman–Crippen LogP) is 3.42. The molecule has 30 heavy (non-hydrogen) atoms. The van der Waals surface area contributed by atoms with E-state index in [0.29, 0.717) is 13.1 Å². The average Bonchev–Trinajstić information content (AvgIpc) is 2.77. The second kappa shape index (κ2) is 9.87. The van der Waals surface area contributed by atoms with E-state index in [-0.39, 0.29) is 35.5 Å². The van der Waals surface area contributed by atoms with Gasteiger partial charge in [0.1, 0.15) is 0 Å². The molecular weight excluding hydrogens is 406 g/mol. The fourth-order valence-electron chi connectivity index (χ4n) is 4.50. The lowest BCUT2D eigenvalue weighted by molar-refractivity contribution is -0.385. The van der Waals surface area contributed by atoms with E-state index in [4.69, 9.17) is 0 Å². The molecule has 0 atom stereocenters. The van der Waals surface area contributed by atoms with Gasteiger partial charge in [-0.1, -0.05) is 32.3 Å². The molecule has 1 amide bonds. The molecule has 2 fully saturated rings. The number of hydrogen-bond acceptors (Lipinski definition) is 5. The molecule has 0 N–H and O–H groups in total. The molecule has 2 aliphatic rings.